The van der Waals surface area contributed by atoms with Gasteiger partial charge in [0.25, 0.3) is 0 Å². The van der Waals surface area contributed by atoms with Gasteiger partial charge in [0.1, 0.15) is 7.05 Å². The van der Waals surface area contributed by atoms with Crippen LogP contribution in [0.15, 0.2) is 30.5 Å². The van der Waals surface area contributed by atoms with Gasteiger partial charge in [-0.2, -0.15) is 0 Å². The van der Waals surface area contributed by atoms with Gasteiger partial charge in [-0.1, -0.05) is 72.0 Å². The second-order valence-corrected chi connectivity index (χ2v) is 12.5. The molecule has 0 saturated heterocycles. The van der Waals surface area contributed by atoms with E-state index in [1.807, 2.05) is 65.4 Å². The van der Waals surface area contributed by atoms with Gasteiger partial charge in [-0.25, -0.2) is 4.57 Å². The van der Waals surface area contributed by atoms with E-state index in [0.29, 0.717) is 11.1 Å². The Morgan fingerprint density at radius 1 is 0.926 bits per heavy atom. The van der Waals surface area contributed by atoms with Gasteiger partial charge >= 0.3 is 0 Å². The average molecular weight is 386 g/mol. The molecular weight excluding hydrogens is 342 g/mol. The summed E-state index contributed by atoms with van der Waals surface area (Å²) < 4.78 is 37.8. The Balaban J connectivity index is 2.90. The van der Waals surface area contributed by atoms with Crippen LogP contribution in [0.3, 0.4) is 0 Å². The van der Waals surface area contributed by atoms with Crippen LogP contribution in [0.2, 0.25) is 13.1 Å². The van der Waals surface area contributed by atoms with E-state index >= 15 is 0 Å². The highest BCUT2D eigenvalue weighted by molar-refractivity contribution is 6.70. The first-order valence-corrected chi connectivity index (χ1v) is 12.3. The summed E-state index contributed by atoms with van der Waals surface area (Å²) in [5, 5.41) is 1.37. The van der Waals surface area contributed by atoms with Crippen molar-refractivity contribution in [3.63, 3.8) is 0 Å². The zero-order valence-corrected chi connectivity index (χ0v) is 19.8. The summed E-state index contributed by atoms with van der Waals surface area (Å²) in [4.78, 5) is 0. The summed E-state index contributed by atoms with van der Waals surface area (Å²) in [5.41, 5.74) is 2.62. The predicted molar refractivity (Wildman–Crippen MR) is 121 cm³/mol. The molecule has 0 unspecified atom stereocenters. The minimum Gasteiger partial charge on any atom is -0.201 e. The van der Waals surface area contributed by atoms with Gasteiger partial charge in [-0.05, 0) is 47.7 Å². The molecule has 0 atom stereocenters. The summed E-state index contributed by atoms with van der Waals surface area (Å²) in [7, 11) is 1.38. The van der Waals surface area contributed by atoms with Crippen molar-refractivity contribution >= 4 is 14.0 Å². The fraction of sp³-hybridized carbons (Fsp3) is 0.560. The fourth-order valence-corrected chi connectivity index (χ4v) is 4.11. The van der Waals surface area contributed by atoms with Crippen LogP contribution in [-0.4, -0.2) is 8.80 Å². The second kappa shape index (κ2) is 7.91. The largest absolute Gasteiger partial charge is 0.212 e. The van der Waals surface area contributed by atoms with Crippen LogP contribution in [-0.2, 0) is 19.8 Å². The normalized spacial score (nSPS) is 16.0. The van der Waals surface area contributed by atoms with E-state index in [2.05, 4.69) is 38.2 Å². The maximum absolute atomic E-state index is 9.01. The van der Waals surface area contributed by atoms with Gasteiger partial charge in [0.2, 0.25) is 5.69 Å². The summed E-state index contributed by atoms with van der Waals surface area (Å²) in [5.74, 6) is 0. The highest BCUT2D eigenvalue weighted by Crippen LogP contribution is 2.30. The molecular formula is C25H39NSi+. The van der Waals surface area contributed by atoms with Crippen LogP contribution >= 0.6 is 0 Å². The topological polar surface area (TPSA) is 3.88 Å². The van der Waals surface area contributed by atoms with Crippen molar-refractivity contribution in [1.82, 2.24) is 0 Å². The molecule has 0 bridgehead atoms. The smallest absolute Gasteiger partial charge is 0.201 e. The number of nitrogens with zero attached hydrogens (tertiary/aromatic N) is 1. The number of hydrogen-bond acceptors (Lipinski definition) is 0. The standard InChI is InChI=1S/C25H39NSi/c1-18-13-21(27(9)10)11-12-22(18)23-14-19(15-24(2,3)4)20(17-26(23)8)16-25(5,6)7/h11-14,17H,15-16H2,1-10H3/q+1/i15D2,16D2. The second-order valence-electron chi connectivity index (χ2n) is 9.88. The quantitative estimate of drug-likeness (QED) is 0.475. The highest BCUT2D eigenvalue weighted by Gasteiger charge is 2.24. The highest BCUT2D eigenvalue weighted by atomic mass is 28.3. The lowest BCUT2D eigenvalue weighted by molar-refractivity contribution is -0.660. The van der Waals surface area contributed by atoms with Crippen LogP contribution in [0.1, 0.15) is 63.7 Å². The Hall–Kier alpha value is -1.41. The molecule has 0 N–H and O–H groups in total. The minimum atomic E-state index is -1.71. The fourth-order valence-electron chi connectivity index (χ4n) is 3.19. The molecule has 0 aliphatic carbocycles. The lowest BCUT2D eigenvalue weighted by atomic mass is 9.81. The molecule has 0 aliphatic rings. The van der Waals surface area contributed by atoms with Crippen molar-refractivity contribution < 1.29 is 10.1 Å². The average Bonchev–Trinajstić information content (AvgIpc) is 2.59. The van der Waals surface area contributed by atoms with E-state index in [1.54, 1.807) is 0 Å². The first kappa shape index (κ1) is 16.5. The number of benzene rings is 1. The number of pyridine rings is 1. The first-order chi connectivity index (χ1) is 13.8. The maximum Gasteiger partial charge on any atom is 0.212 e. The van der Waals surface area contributed by atoms with Crippen molar-refractivity contribution in [2.24, 2.45) is 17.9 Å². The van der Waals surface area contributed by atoms with Crippen molar-refractivity contribution in [3.8, 4) is 11.3 Å². The van der Waals surface area contributed by atoms with Crippen molar-refractivity contribution in [2.75, 3.05) is 0 Å². The SMILES string of the molecule is [2H]C([2H])(c1cc(-c2ccc([Si](C)C)cc2C)[n+](C)cc1C([2H])([2H])C(C)(C)C)C(C)(C)C. The molecule has 2 heteroatoms. The van der Waals surface area contributed by atoms with Crippen molar-refractivity contribution in [2.45, 2.75) is 74.3 Å². The Bertz CT molecular complexity index is 967. The lowest BCUT2D eigenvalue weighted by Crippen LogP contribution is -2.34. The predicted octanol–water partition coefficient (Wildman–Crippen LogP) is 5.63. The Labute approximate surface area is 175 Å². The number of hydrogen-bond donors (Lipinski definition) is 0. The Morgan fingerprint density at radius 3 is 1.96 bits per heavy atom. The van der Waals surface area contributed by atoms with E-state index < -0.39 is 32.4 Å². The molecule has 27 heavy (non-hydrogen) atoms. The Morgan fingerprint density at radius 2 is 1.48 bits per heavy atom. The zero-order valence-electron chi connectivity index (χ0n) is 22.8. The monoisotopic (exact) mass is 385 g/mol. The van der Waals surface area contributed by atoms with Crippen LogP contribution in [0.5, 0.6) is 0 Å². The van der Waals surface area contributed by atoms with E-state index in [9.17, 15) is 0 Å². The number of aryl methyl sites for hydroxylation is 2. The molecule has 1 nitrogen and oxygen atoms in total. The number of aromatic nitrogens is 1. The molecule has 1 aromatic heterocycles. The van der Waals surface area contributed by atoms with E-state index in [-0.39, 0.29) is 0 Å². The summed E-state index contributed by atoms with van der Waals surface area (Å²) in [6.07, 6.45) is -1.60. The van der Waals surface area contributed by atoms with Crippen molar-refractivity contribution in [3.05, 3.63) is 47.2 Å². The van der Waals surface area contributed by atoms with Crippen LogP contribution in [0.4, 0.5) is 0 Å². The van der Waals surface area contributed by atoms with Gasteiger partial charge in [0.05, 0.1) is 8.80 Å². The molecule has 1 radical (unpaired) electrons. The van der Waals surface area contributed by atoms with Crippen LogP contribution in [0, 0.1) is 17.8 Å². The number of rotatable bonds is 4. The molecule has 147 valence electrons. The summed E-state index contributed by atoms with van der Waals surface area (Å²) >= 11 is 0. The molecule has 1 aromatic carbocycles. The summed E-state index contributed by atoms with van der Waals surface area (Å²) in [6.45, 7) is 17.9. The molecule has 0 saturated carbocycles. The lowest BCUT2D eigenvalue weighted by Gasteiger charge is -2.24. The maximum atomic E-state index is 9.01. The van der Waals surface area contributed by atoms with Crippen LogP contribution < -0.4 is 9.75 Å². The van der Waals surface area contributed by atoms with E-state index in [4.69, 9.17) is 5.48 Å². The third kappa shape index (κ3) is 6.04. The van der Waals surface area contributed by atoms with Gasteiger partial charge < -0.3 is 0 Å². The first-order valence-electron chi connectivity index (χ1n) is 11.8. The van der Waals surface area contributed by atoms with E-state index in [0.717, 1.165) is 16.8 Å². The van der Waals surface area contributed by atoms with E-state index in [1.165, 1.54) is 5.19 Å². The molecule has 0 aliphatic heterocycles. The van der Waals surface area contributed by atoms with Gasteiger partial charge in [-0.3, -0.25) is 0 Å². The molecule has 2 rings (SSSR count). The molecule has 0 amide bonds. The zero-order chi connectivity index (χ0) is 24.2. The summed E-state index contributed by atoms with van der Waals surface area (Å²) in [6, 6.07) is 8.43. The molecule has 1 heterocycles. The molecule has 2 aromatic rings. The minimum absolute atomic E-state index is 0.424. The molecule has 0 spiro atoms. The van der Waals surface area contributed by atoms with Gasteiger partial charge in [0.15, 0.2) is 6.20 Å². The third-order valence-electron chi connectivity index (χ3n) is 4.37. The van der Waals surface area contributed by atoms with Crippen LogP contribution in [0.25, 0.3) is 11.3 Å². The van der Waals surface area contributed by atoms with Gasteiger partial charge in [0, 0.05) is 22.7 Å². The van der Waals surface area contributed by atoms with Gasteiger partial charge in [-0.15, -0.1) is 0 Å². The molecule has 0 fully saturated rings. The third-order valence-corrected chi connectivity index (χ3v) is 5.84. The Kier molecular flexibility index (Phi) is 4.84. The van der Waals surface area contributed by atoms with Crippen molar-refractivity contribution in [1.29, 1.82) is 0 Å².